The van der Waals surface area contributed by atoms with Crippen molar-refractivity contribution in [2.75, 3.05) is 0 Å². The van der Waals surface area contributed by atoms with E-state index in [9.17, 15) is 24.6 Å². The van der Waals surface area contributed by atoms with Crippen molar-refractivity contribution < 1.29 is 29.3 Å². The molecule has 0 rings (SSSR count). The summed E-state index contributed by atoms with van der Waals surface area (Å²) in [6, 6.07) is 0. The lowest BCUT2D eigenvalue weighted by molar-refractivity contribution is -0.167. The summed E-state index contributed by atoms with van der Waals surface area (Å²) >= 11 is 0. The first kappa shape index (κ1) is 56.7. The zero-order valence-corrected chi connectivity index (χ0v) is 39.1. The molecule has 0 amide bonds. The molecule has 0 heterocycles. The van der Waals surface area contributed by atoms with Crippen molar-refractivity contribution in [3.63, 3.8) is 0 Å². The lowest BCUT2D eigenvalue weighted by Crippen LogP contribution is -2.42. The summed E-state index contributed by atoms with van der Waals surface area (Å²) in [5, 5.41) is 18.5. The number of carbonyl (C=O) groups excluding carboxylic acids is 1. The molecule has 0 aliphatic rings. The maximum Gasteiger partial charge on any atom is 0.312 e. The quantitative estimate of drug-likeness (QED) is 0.0735. The molecular formula is C48H96O6. The minimum Gasteiger partial charge on any atom is -0.481 e. The number of hydrogen-bond donors (Lipinski definition) is 2. The van der Waals surface area contributed by atoms with Gasteiger partial charge in [-0.1, -0.05) is 162 Å². The number of ether oxygens (including phenoxy) is 1. The summed E-state index contributed by atoms with van der Waals surface area (Å²) in [6.07, 6.45) is 20.6. The first-order valence-corrected chi connectivity index (χ1v) is 23.0. The van der Waals surface area contributed by atoms with Gasteiger partial charge in [0.25, 0.3) is 0 Å². The summed E-state index contributed by atoms with van der Waals surface area (Å²) in [4.78, 5) is 35.9. The highest BCUT2D eigenvalue weighted by molar-refractivity contribution is 5.77. The monoisotopic (exact) mass is 769 g/mol. The highest BCUT2D eigenvalue weighted by Gasteiger charge is 2.45. The SMILES string of the molecule is CCCCC(CC)(C(=O)O)C(C)C.CCCCC(CC)(CC(C)C)C(=O)O.CCCCC(CC)CC(CCC)C(CC)(CCC(C)C)C(=O)OC(C)CC. The van der Waals surface area contributed by atoms with E-state index in [1.807, 2.05) is 34.6 Å². The fourth-order valence-electron chi connectivity index (χ4n) is 8.30. The minimum atomic E-state index is -0.626. The van der Waals surface area contributed by atoms with E-state index in [0.717, 1.165) is 102 Å². The van der Waals surface area contributed by atoms with Crippen LogP contribution in [0.1, 0.15) is 239 Å². The van der Waals surface area contributed by atoms with Crippen LogP contribution in [-0.2, 0) is 19.1 Å². The molecule has 6 nitrogen and oxygen atoms in total. The van der Waals surface area contributed by atoms with Crippen LogP contribution < -0.4 is 0 Å². The second-order valence-corrected chi connectivity index (χ2v) is 17.9. The molecule has 0 saturated heterocycles. The number of hydrogen-bond acceptors (Lipinski definition) is 4. The Labute approximate surface area is 337 Å². The van der Waals surface area contributed by atoms with Gasteiger partial charge in [-0.05, 0) is 107 Å². The number of carbonyl (C=O) groups is 3. The van der Waals surface area contributed by atoms with Crippen molar-refractivity contribution in [3.05, 3.63) is 0 Å². The summed E-state index contributed by atoms with van der Waals surface area (Å²) in [5.41, 5.74) is -1.26. The van der Waals surface area contributed by atoms with E-state index in [1.54, 1.807) is 0 Å². The van der Waals surface area contributed by atoms with Crippen LogP contribution in [0.25, 0.3) is 0 Å². The van der Waals surface area contributed by atoms with Crippen molar-refractivity contribution >= 4 is 17.9 Å². The average Bonchev–Trinajstić information content (AvgIpc) is 3.12. The third-order valence-electron chi connectivity index (χ3n) is 12.7. The van der Waals surface area contributed by atoms with Crippen LogP contribution in [0.5, 0.6) is 0 Å². The Morgan fingerprint density at radius 1 is 0.556 bits per heavy atom. The molecule has 0 aromatic rings. The lowest BCUT2D eigenvalue weighted by atomic mass is 9.64. The van der Waals surface area contributed by atoms with Gasteiger partial charge in [-0.25, -0.2) is 0 Å². The molecule has 0 aliphatic heterocycles. The first-order valence-electron chi connectivity index (χ1n) is 23.0. The van der Waals surface area contributed by atoms with E-state index in [4.69, 9.17) is 4.74 Å². The fraction of sp³-hybridized carbons (Fsp3) is 0.938. The molecule has 6 heteroatoms. The van der Waals surface area contributed by atoms with Crippen LogP contribution in [0.4, 0.5) is 0 Å². The molecular weight excluding hydrogens is 673 g/mol. The Bertz CT molecular complexity index is 943. The Morgan fingerprint density at radius 3 is 1.44 bits per heavy atom. The van der Waals surface area contributed by atoms with Crippen molar-refractivity contribution in [2.45, 2.75) is 245 Å². The van der Waals surface area contributed by atoms with E-state index < -0.39 is 22.8 Å². The third-order valence-corrected chi connectivity index (χ3v) is 12.7. The van der Waals surface area contributed by atoms with Crippen LogP contribution in [0.15, 0.2) is 0 Å². The molecule has 0 spiro atoms. The molecule has 0 aliphatic carbocycles. The zero-order valence-electron chi connectivity index (χ0n) is 39.1. The number of esters is 1. The molecule has 54 heavy (non-hydrogen) atoms. The highest BCUT2D eigenvalue weighted by Crippen LogP contribution is 2.46. The van der Waals surface area contributed by atoms with Crippen molar-refractivity contribution in [1.82, 2.24) is 0 Å². The normalized spacial score (nSPS) is 16.5. The minimum absolute atomic E-state index is 0.0202. The van der Waals surface area contributed by atoms with Crippen LogP contribution in [0, 0.1) is 45.8 Å². The molecule has 0 aromatic heterocycles. The van der Waals surface area contributed by atoms with Gasteiger partial charge in [0.1, 0.15) is 0 Å². The van der Waals surface area contributed by atoms with Crippen molar-refractivity contribution in [3.8, 4) is 0 Å². The summed E-state index contributed by atoms with van der Waals surface area (Å²) in [5.74, 6) is 1.35. The predicted octanol–water partition coefficient (Wildman–Crippen LogP) is 15.2. The smallest absolute Gasteiger partial charge is 0.312 e. The van der Waals surface area contributed by atoms with Crippen LogP contribution in [0.3, 0.4) is 0 Å². The van der Waals surface area contributed by atoms with E-state index in [0.29, 0.717) is 17.8 Å². The van der Waals surface area contributed by atoms with Gasteiger partial charge in [0, 0.05) is 0 Å². The Morgan fingerprint density at radius 2 is 1.09 bits per heavy atom. The van der Waals surface area contributed by atoms with E-state index in [-0.39, 0.29) is 23.4 Å². The highest BCUT2D eigenvalue weighted by atomic mass is 16.5. The van der Waals surface area contributed by atoms with Gasteiger partial charge in [0.15, 0.2) is 0 Å². The van der Waals surface area contributed by atoms with Crippen molar-refractivity contribution in [2.24, 2.45) is 45.8 Å². The molecule has 6 unspecified atom stereocenters. The number of carboxylic acid groups (broad SMARTS) is 2. The Hall–Kier alpha value is -1.59. The third kappa shape index (κ3) is 20.5. The van der Waals surface area contributed by atoms with Gasteiger partial charge in [-0.15, -0.1) is 0 Å². The van der Waals surface area contributed by atoms with E-state index >= 15 is 0 Å². The van der Waals surface area contributed by atoms with E-state index in [1.165, 1.54) is 32.1 Å². The fourth-order valence-corrected chi connectivity index (χ4v) is 8.30. The van der Waals surface area contributed by atoms with Crippen LogP contribution in [-0.4, -0.2) is 34.2 Å². The summed E-state index contributed by atoms with van der Waals surface area (Å²) in [7, 11) is 0. The average molecular weight is 769 g/mol. The summed E-state index contributed by atoms with van der Waals surface area (Å²) < 4.78 is 5.97. The van der Waals surface area contributed by atoms with Gasteiger partial charge >= 0.3 is 17.9 Å². The zero-order chi connectivity index (χ0) is 42.5. The van der Waals surface area contributed by atoms with Gasteiger partial charge < -0.3 is 14.9 Å². The van der Waals surface area contributed by atoms with Gasteiger partial charge in [0.2, 0.25) is 0 Å². The standard InChI is InChI=1S/C25H50O2.C12H24O2.C11H22O2/c1-9-14-16-22(12-4)19-23(15-10-2)25(13-5,18-17-20(6)7)24(26)27-21(8)11-3;1-5-7-8-12(6-2,11(13)14)9-10(3)4;1-5-7-8-11(6-2,9(3)4)10(12)13/h20-23H,9-19H2,1-8H3;10H,5-9H2,1-4H3,(H,13,14);9H,5-8H2,1-4H3,(H,12,13). The number of carboxylic acids is 2. The molecule has 0 bridgehead atoms. The van der Waals surface area contributed by atoms with Gasteiger partial charge in [0.05, 0.1) is 22.3 Å². The Kier molecular flexibility index (Phi) is 33.1. The molecule has 0 aromatic carbocycles. The van der Waals surface area contributed by atoms with Crippen LogP contribution in [0.2, 0.25) is 0 Å². The van der Waals surface area contributed by atoms with Gasteiger partial charge in [-0.2, -0.15) is 0 Å². The second-order valence-electron chi connectivity index (χ2n) is 17.9. The maximum atomic E-state index is 13.5. The van der Waals surface area contributed by atoms with E-state index in [2.05, 4.69) is 76.2 Å². The second kappa shape index (κ2) is 31.5. The first-order chi connectivity index (χ1) is 25.3. The molecule has 0 fully saturated rings. The van der Waals surface area contributed by atoms with Gasteiger partial charge in [-0.3, -0.25) is 14.4 Å². The molecule has 2 N–H and O–H groups in total. The molecule has 0 saturated carbocycles. The summed E-state index contributed by atoms with van der Waals surface area (Å²) in [6.45, 7) is 34.1. The Balaban J connectivity index is -0.000000806. The number of aliphatic carboxylic acids is 2. The number of rotatable bonds is 29. The molecule has 324 valence electrons. The lowest BCUT2D eigenvalue weighted by Gasteiger charge is -2.41. The number of unbranched alkanes of at least 4 members (excludes halogenated alkanes) is 3. The van der Waals surface area contributed by atoms with Crippen molar-refractivity contribution in [1.29, 1.82) is 0 Å². The maximum absolute atomic E-state index is 13.5. The molecule has 6 atom stereocenters. The molecule has 0 radical (unpaired) electrons. The largest absolute Gasteiger partial charge is 0.481 e. The van der Waals surface area contributed by atoms with Crippen LogP contribution >= 0.6 is 0 Å². The predicted molar refractivity (Wildman–Crippen MR) is 233 cm³/mol. The topological polar surface area (TPSA) is 101 Å².